The van der Waals surface area contributed by atoms with E-state index in [0.717, 1.165) is 0 Å². The molecule has 30 aliphatic rings. The Labute approximate surface area is 664 Å². The molecule has 30 fully saturated rings. The lowest BCUT2D eigenvalue weighted by atomic mass is 9.94. The van der Waals surface area contributed by atoms with Gasteiger partial charge in [-0.3, -0.25) is 0 Å². The highest BCUT2D eigenvalue weighted by Gasteiger charge is 2.61. The fourth-order valence-electron chi connectivity index (χ4n) is 14.4. The number of aliphatic hydroxyl groups is 21. The van der Waals surface area contributed by atoms with E-state index < -0.39 is 323 Å². The Kier molecular flexibility index (Phi) is 38.2. The first-order chi connectivity index (χ1) is 54.5. The minimum absolute atomic E-state index is 0.0509. The third-order valence-corrected chi connectivity index (χ3v) is 20.3. The number of rotatable bonds is 29. The molecule has 16 bridgehead atoms. The summed E-state index contributed by atoms with van der Waals surface area (Å²) in [6.45, 7) is 8.33. The largest absolute Gasteiger partial charge is 0.394 e. The lowest BCUT2D eigenvalue weighted by molar-refractivity contribution is -0.405. The molecule has 0 aliphatic carbocycles. The first kappa shape index (κ1) is 97.1. The second-order valence-electron chi connectivity index (χ2n) is 31.7. The molecule has 0 amide bonds. The van der Waals surface area contributed by atoms with Gasteiger partial charge in [-0.1, -0.05) is 34.6 Å². The van der Waals surface area contributed by atoms with Crippen molar-refractivity contribution in [1.82, 2.24) is 0 Å². The van der Waals surface area contributed by atoms with Gasteiger partial charge in [0, 0.05) is 19.8 Å². The molecule has 674 valence electrons. The highest BCUT2D eigenvalue weighted by atomic mass is 16.8. The zero-order valence-electron chi connectivity index (χ0n) is 65.7. The third kappa shape index (κ3) is 25.1. The van der Waals surface area contributed by atoms with E-state index in [0.29, 0.717) is 6.42 Å². The van der Waals surface area contributed by atoms with Gasteiger partial charge < -0.3 is 216 Å². The van der Waals surface area contributed by atoms with E-state index in [1.54, 1.807) is 20.8 Å². The zero-order chi connectivity index (χ0) is 84.1. The van der Waals surface area contributed by atoms with Crippen molar-refractivity contribution < 1.29 is 216 Å². The van der Waals surface area contributed by atoms with Crippen LogP contribution in [0.15, 0.2) is 0 Å². The Bertz CT molecular complexity index is 2740. The molecule has 30 rings (SSSR count). The van der Waals surface area contributed by atoms with Crippen LogP contribution in [0.1, 0.15) is 68.7 Å². The van der Waals surface area contributed by atoms with Gasteiger partial charge in [0.05, 0.1) is 104 Å². The van der Waals surface area contributed by atoms with Crippen LogP contribution < -0.4 is 0 Å². The average molecular weight is 1680 g/mol. The summed E-state index contributed by atoms with van der Waals surface area (Å²) < 4.78 is 140. The van der Waals surface area contributed by atoms with E-state index in [-0.39, 0.29) is 58.1 Å². The predicted octanol–water partition coefficient (Wildman–Crippen LogP) is -11.0. The average Bonchev–Trinajstić information content (AvgIpc) is 0.773. The lowest BCUT2D eigenvalue weighted by Crippen LogP contribution is -2.69. The number of ether oxygens (including phenoxy) is 23. The summed E-state index contributed by atoms with van der Waals surface area (Å²) in [6.07, 6.45) is -82.9. The van der Waals surface area contributed by atoms with Gasteiger partial charge in [-0.2, -0.15) is 0 Å². The molecule has 44 heteroatoms. The molecular weight excluding hydrogens is 1560 g/mol. The summed E-state index contributed by atoms with van der Waals surface area (Å²) in [7, 11) is 0. The van der Waals surface area contributed by atoms with Crippen LogP contribution in [0.3, 0.4) is 0 Å². The molecule has 44 atom stereocenters. The molecule has 0 aromatic heterocycles. The van der Waals surface area contributed by atoms with Gasteiger partial charge in [0.15, 0.2) is 50.3 Å². The zero-order valence-corrected chi connectivity index (χ0v) is 65.7. The Balaban J connectivity index is 1.08. The minimum atomic E-state index is -2.25. The Hall–Kier alpha value is -1.76. The molecule has 0 spiro atoms. The van der Waals surface area contributed by atoms with Crippen LogP contribution in [0.25, 0.3) is 0 Å². The quantitative estimate of drug-likeness (QED) is 0.0309. The van der Waals surface area contributed by atoms with Gasteiger partial charge in [-0.25, -0.2) is 0 Å². The van der Waals surface area contributed by atoms with Gasteiger partial charge in [0.2, 0.25) is 0 Å². The van der Waals surface area contributed by atoms with Crippen LogP contribution in [-0.2, 0) is 109 Å². The van der Waals surface area contributed by atoms with E-state index in [4.69, 9.17) is 109 Å². The first-order valence-electron chi connectivity index (χ1n) is 39.3. The van der Waals surface area contributed by atoms with Gasteiger partial charge >= 0.3 is 0 Å². The van der Waals surface area contributed by atoms with Crippen LogP contribution in [-0.4, -0.2) is 476 Å². The monoisotopic (exact) mass is 1680 g/mol. The van der Waals surface area contributed by atoms with Crippen molar-refractivity contribution in [3.05, 3.63) is 0 Å². The highest BCUT2D eigenvalue weighted by Crippen LogP contribution is 2.41. The van der Waals surface area contributed by atoms with Gasteiger partial charge in [-0.05, 0) is 46.0 Å². The van der Waals surface area contributed by atoms with E-state index >= 15 is 0 Å². The molecule has 0 saturated carbocycles. The second-order valence-corrected chi connectivity index (χ2v) is 31.7. The molecular formula is C71H126O44. The number of hydrogen-bond donors (Lipinski definition) is 21. The van der Waals surface area contributed by atoms with Gasteiger partial charge in [0.1, 0.15) is 195 Å². The van der Waals surface area contributed by atoms with Crippen molar-refractivity contribution in [3.63, 3.8) is 0 Å². The Morgan fingerprint density at radius 2 is 0.374 bits per heavy atom. The second kappa shape index (κ2) is 45.2. The smallest absolute Gasteiger partial charge is 0.187 e. The number of hydrogen-bond acceptors (Lipinski definition) is 44. The maximum atomic E-state index is 12.2. The van der Waals surface area contributed by atoms with E-state index in [1.807, 2.05) is 13.8 Å². The van der Waals surface area contributed by atoms with Crippen molar-refractivity contribution in [2.45, 2.75) is 339 Å². The molecule has 30 heterocycles. The first-order valence-corrected chi connectivity index (χ1v) is 39.3. The van der Waals surface area contributed by atoms with Crippen LogP contribution in [0.5, 0.6) is 0 Å². The van der Waals surface area contributed by atoms with Crippen molar-refractivity contribution in [1.29, 1.82) is 0 Å². The molecule has 21 N–H and O–H groups in total. The summed E-state index contributed by atoms with van der Waals surface area (Å²) in [5, 5.41) is 245. The summed E-state index contributed by atoms with van der Waals surface area (Å²) in [5.74, 6) is -0.235. The van der Waals surface area contributed by atoms with Crippen molar-refractivity contribution >= 4 is 0 Å². The van der Waals surface area contributed by atoms with Crippen molar-refractivity contribution in [3.8, 4) is 0 Å². The lowest BCUT2D eigenvalue weighted by Gasteiger charge is -2.51. The molecule has 0 aromatic carbocycles. The van der Waals surface area contributed by atoms with Crippen LogP contribution in [0, 0.1) is 11.8 Å². The molecule has 115 heavy (non-hydrogen) atoms. The van der Waals surface area contributed by atoms with Crippen LogP contribution in [0.2, 0.25) is 0 Å². The van der Waals surface area contributed by atoms with E-state index in [1.165, 1.54) is 27.7 Å². The maximum absolute atomic E-state index is 12.2. The maximum Gasteiger partial charge on any atom is 0.187 e. The molecule has 44 nitrogen and oxygen atoms in total. The minimum Gasteiger partial charge on any atom is -0.394 e. The SMILES string of the molecule is CCCOC[C@H]1O[C@@H]2O[C@H]3[C@H](O)[C@@H](O)[C@@H](O[C@H]4[C@H](O)[C@@H](O)[C@@H](O[C@H]5[C@H](O)[C@@H](O)[C@@H](O[C@H]6[C@H](O)[C@@H](O)[C@@H](O[C@H]7[C@H](O)[C@@H](O)[C@@H](O[C@H]8[C@H](O)[C@@H](O)[C@@H](O[C@H]9[C@H](O)[C@@H](O)[C@@H](O[C@H]1[C@H](O)[C@H]2O)O[C@@H]9COCC(C)C)O[C@@H]8COCC(C)O)O[C@@H]7CO)O[C@@H]6COCC(C)O)O[C@@H]5COCC(C)C)O[C@@H]4COCC(C)O)O[C@@H]3COCC(C)O. The highest BCUT2D eigenvalue weighted by molar-refractivity contribution is 5.03. The molecule has 0 radical (unpaired) electrons. The van der Waals surface area contributed by atoms with Crippen LogP contribution >= 0.6 is 0 Å². The molecule has 30 saturated heterocycles. The van der Waals surface area contributed by atoms with Gasteiger partial charge in [0.25, 0.3) is 0 Å². The van der Waals surface area contributed by atoms with E-state index in [2.05, 4.69) is 0 Å². The summed E-state index contributed by atoms with van der Waals surface area (Å²) in [4.78, 5) is 0. The third-order valence-electron chi connectivity index (χ3n) is 20.3. The van der Waals surface area contributed by atoms with Gasteiger partial charge in [-0.15, -0.1) is 0 Å². The summed E-state index contributed by atoms with van der Waals surface area (Å²) in [5.41, 5.74) is 0. The standard InChI is InChI=1S/C71H126O44/c1-10-11-93-19-33-57-41(78)50(87)66(101-33)113-62-38(24-98-17-30(8)75)107-71(55(92)46(62)83)115-63-39(25-99-18-31(9)76)106-70(54(91)47(63)84)112-59-35(21-95-14-27(4)5)103-68(52(89)44(59)81)114-61-37(23-97-16-29(7)74)104-65(49(86)42(61)79)108-56-32(12-72)100-64(48(85)40(56)77)109-60-36(22-96-15-28(6)73)105-69(53(90)45(60)82)111-58-34(20-94-13-26(2)3)102-67(110-57)51(88)43(58)80/h26-92H,10-25H2,1-9H3/t28?,29?,30?,31?,32-,33-,34-,35-,36-,37-,38-,39-,40-,41-,42-,43-,44-,45-,46-,47-,48-,49-,50-,51-,52-,53-,54-,55-,56-,57-,58-,59-,60-,61-,62-,63-,64-,65-,66-,67-,68-,69-,70-,71-/m1/s1. The molecule has 30 aliphatic heterocycles. The fourth-order valence-corrected chi connectivity index (χ4v) is 14.4. The summed E-state index contributed by atoms with van der Waals surface area (Å²) >= 11 is 0. The molecule has 4 unspecified atom stereocenters. The van der Waals surface area contributed by atoms with E-state index in [9.17, 15) is 107 Å². The van der Waals surface area contributed by atoms with Crippen molar-refractivity contribution in [2.75, 3.05) is 99.1 Å². The topological polar surface area (TPSA) is 637 Å². The normalized spacial score (nSPS) is 46.4. The Morgan fingerprint density at radius 1 is 0.217 bits per heavy atom. The van der Waals surface area contributed by atoms with Crippen molar-refractivity contribution in [2.24, 2.45) is 11.8 Å². The molecule has 0 aromatic rings. The summed E-state index contributed by atoms with van der Waals surface area (Å²) in [6, 6.07) is 0. The number of aliphatic hydroxyl groups excluding tert-OH is 21. The Morgan fingerprint density at radius 3 is 0.530 bits per heavy atom. The fraction of sp³-hybridized carbons (Fsp3) is 1.00. The van der Waals surface area contributed by atoms with Crippen LogP contribution in [0.4, 0.5) is 0 Å². The predicted molar refractivity (Wildman–Crippen MR) is 374 cm³/mol.